The van der Waals surface area contributed by atoms with E-state index < -0.39 is 0 Å². The van der Waals surface area contributed by atoms with Gasteiger partial charge in [-0.05, 0) is 62.9 Å². The van der Waals surface area contributed by atoms with Gasteiger partial charge in [-0.2, -0.15) is 0 Å². The van der Waals surface area contributed by atoms with Crippen molar-refractivity contribution in [1.82, 2.24) is 15.2 Å². The Bertz CT molecular complexity index is 890. The van der Waals surface area contributed by atoms with Gasteiger partial charge in [-0.1, -0.05) is 35.9 Å². The van der Waals surface area contributed by atoms with E-state index in [0.29, 0.717) is 17.5 Å². The third kappa shape index (κ3) is 5.32. The number of hydrogen-bond acceptors (Lipinski definition) is 4. The van der Waals surface area contributed by atoms with Crippen molar-refractivity contribution in [2.24, 2.45) is 5.92 Å². The number of halogens is 1. The van der Waals surface area contributed by atoms with Crippen LogP contribution in [0.5, 0.6) is 5.75 Å². The fraction of sp³-hybridized carbons (Fsp3) is 0.500. The molecule has 2 aliphatic heterocycles. The van der Waals surface area contributed by atoms with Crippen LogP contribution in [0.2, 0.25) is 5.15 Å². The zero-order chi connectivity index (χ0) is 21.1. The van der Waals surface area contributed by atoms with Crippen molar-refractivity contribution in [2.75, 3.05) is 19.6 Å². The second-order valence-corrected chi connectivity index (χ2v) is 9.52. The van der Waals surface area contributed by atoms with Crippen molar-refractivity contribution in [3.63, 3.8) is 0 Å². The van der Waals surface area contributed by atoms with Crippen LogP contribution in [-0.4, -0.2) is 41.0 Å². The molecule has 3 heterocycles. The van der Waals surface area contributed by atoms with Gasteiger partial charge < -0.3 is 10.1 Å². The number of carbonyl (C=O) groups excluding carboxylic acids is 1. The summed E-state index contributed by atoms with van der Waals surface area (Å²) in [5.41, 5.74) is 3.39. The van der Waals surface area contributed by atoms with Gasteiger partial charge in [-0.15, -0.1) is 0 Å². The first-order valence-corrected chi connectivity index (χ1v) is 11.1. The summed E-state index contributed by atoms with van der Waals surface area (Å²) in [5.74, 6) is 1.67. The Morgan fingerprint density at radius 2 is 2.07 bits per heavy atom. The Morgan fingerprint density at radius 1 is 1.27 bits per heavy atom. The zero-order valence-electron chi connectivity index (χ0n) is 17.8. The fourth-order valence-electron chi connectivity index (χ4n) is 4.41. The Balaban J connectivity index is 1.22. The molecular formula is C24H30ClN3O2. The molecule has 0 unspecified atom stereocenters. The number of ether oxygens (including phenoxy) is 1. The number of amides is 1. The Morgan fingerprint density at radius 3 is 2.80 bits per heavy atom. The molecule has 0 saturated carbocycles. The van der Waals surface area contributed by atoms with E-state index >= 15 is 0 Å². The van der Waals surface area contributed by atoms with Crippen molar-refractivity contribution >= 4 is 17.5 Å². The van der Waals surface area contributed by atoms with E-state index in [1.165, 1.54) is 11.1 Å². The summed E-state index contributed by atoms with van der Waals surface area (Å²) in [4.78, 5) is 18.7. The second kappa shape index (κ2) is 8.94. The van der Waals surface area contributed by atoms with Crippen LogP contribution >= 0.6 is 11.6 Å². The van der Waals surface area contributed by atoms with E-state index in [9.17, 15) is 4.79 Å². The lowest BCUT2D eigenvalue weighted by Crippen LogP contribution is -2.38. The number of rotatable bonds is 6. The number of carbonyl (C=O) groups is 1. The molecule has 5 nitrogen and oxygen atoms in total. The Kier molecular flexibility index (Phi) is 6.30. The summed E-state index contributed by atoms with van der Waals surface area (Å²) < 4.78 is 6.22. The van der Waals surface area contributed by atoms with E-state index in [1.807, 2.05) is 6.07 Å². The minimum atomic E-state index is -0.105. The van der Waals surface area contributed by atoms with Crippen molar-refractivity contribution < 1.29 is 9.53 Å². The minimum Gasteiger partial charge on any atom is -0.487 e. The predicted molar refractivity (Wildman–Crippen MR) is 119 cm³/mol. The summed E-state index contributed by atoms with van der Waals surface area (Å²) in [5, 5.41) is 3.53. The zero-order valence-corrected chi connectivity index (χ0v) is 18.5. The highest BCUT2D eigenvalue weighted by molar-refractivity contribution is 6.29. The maximum atomic E-state index is 12.2. The number of nitrogens with zero attached hydrogens (tertiary/aromatic N) is 2. The topological polar surface area (TPSA) is 54.5 Å². The SMILES string of the molecule is CC1(C)Cc2cccc(CN3CCC(CNC(=O)Cc4ccc(Cl)nc4)CC3)c2O1. The first-order chi connectivity index (χ1) is 14.4. The van der Waals surface area contributed by atoms with Crippen molar-refractivity contribution in [2.45, 2.75) is 51.7 Å². The molecule has 1 aromatic heterocycles. The van der Waals surface area contributed by atoms with Crippen LogP contribution in [0.1, 0.15) is 43.4 Å². The van der Waals surface area contributed by atoms with E-state index in [0.717, 1.165) is 56.8 Å². The summed E-state index contributed by atoms with van der Waals surface area (Å²) in [6, 6.07) is 10.1. The van der Waals surface area contributed by atoms with Gasteiger partial charge >= 0.3 is 0 Å². The van der Waals surface area contributed by atoms with Gasteiger partial charge in [-0.25, -0.2) is 4.98 Å². The highest BCUT2D eigenvalue weighted by Gasteiger charge is 2.32. The molecule has 2 aliphatic rings. The molecule has 0 aliphatic carbocycles. The van der Waals surface area contributed by atoms with Gasteiger partial charge in [-0.3, -0.25) is 9.69 Å². The normalized spacial score (nSPS) is 18.6. The van der Waals surface area contributed by atoms with Crippen LogP contribution < -0.4 is 10.1 Å². The molecule has 0 atom stereocenters. The highest BCUT2D eigenvalue weighted by Crippen LogP contribution is 2.38. The largest absolute Gasteiger partial charge is 0.487 e. The second-order valence-electron chi connectivity index (χ2n) is 9.13. The minimum absolute atomic E-state index is 0.0427. The predicted octanol–water partition coefficient (Wildman–Crippen LogP) is 4.02. The summed E-state index contributed by atoms with van der Waals surface area (Å²) in [6.07, 6.45) is 5.18. The molecular weight excluding hydrogens is 398 g/mol. The Labute approximate surface area is 183 Å². The first-order valence-electron chi connectivity index (χ1n) is 10.8. The van der Waals surface area contributed by atoms with E-state index in [-0.39, 0.29) is 11.5 Å². The maximum absolute atomic E-state index is 12.2. The van der Waals surface area contributed by atoms with E-state index in [2.05, 4.69) is 47.2 Å². The average Bonchev–Trinajstić information content (AvgIpc) is 3.04. The van der Waals surface area contributed by atoms with Crippen molar-refractivity contribution in [3.05, 3.63) is 58.4 Å². The number of para-hydroxylation sites is 1. The fourth-order valence-corrected chi connectivity index (χ4v) is 4.52. The van der Waals surface area contributed by atoms with Gasteiger partial charge in [0.1, 0.15) is 16.5 Å². The number of hydrogen-bond donors (Lipinski definition) is 1. The van der Waals surface area contributed by atoms with Crippen LogP contribution in [0.3, 0.4) is 0 Å². The number of piperidine rings is 1. The van der Waals surface area contributed by atoms with Crippen molar-refractivity contribution in [1.29, 1.82) is 0 Å². The Hall–Kier alpha value is -2.11. The lowest BCUT2D eigenvalue weighted by molar-refractivity contribution is -0.120. The quantitative estimate of drug-likeness (QED) is 0.707. The third-order valence-corrected chi connectivity index (χ3v) is 6.24. The lowest BCUT2D eigenvalue weighted by atomic mass is 9.96. The van der Waals surface area contributed by atoms with Crippen LogP contribution in [0.25, 0.3) is 0 Å². The molecule has 0 spiro atoms. The summed E-state index contributed by atoms with van der Waals surface area (Å²) in [6.45, 7) is 8.08. The molecule has 1 N–H and O–H groups in total. The molecule has 0 bridgehead atoms. The lowest BCUT2D eigenvalue weighted by Gasteiger charge is -2.32. The molecule has 2 aromatic rings. The molecule has 4 rings (SSSR count). The van der Waals surface area contributed by atoms with Crippen LogP contribution in [0.4, 0.5) is 0 Å². The first kappa shape index (κ1) is 21.1. The summed E-state index contributed by atoms with van der Waals surface area (Å²) >= 11 is 5.79. The molecule has 1 aromatic carbocycles. The number of likely N-dealkylation sites (tertiary alicyclic amines) is 1. The summed E-state index contributed by atoms with van der Waals surface area (Å²) in [7, 11) is 0. The maximum Gasteiger partial charge on any atom is 0.224 e. The number of aromatic nitrogens is 1. The van der Waals surface area contributed by atoms with E-state index in [1.54, 1.807) is 12.3 Å². The number of pyridine rings is 1. The number of benzene rings is 1. The monoisotopic (exact) mass is 427 g/mol. The van der Waals surface area contributed by atoms with Crippen LogP contribution in [0, 0.1) is 5.92 Å². The van der Waals surface area contributed by atoms with Gasteiger partial charge in [0.2, 0.25) is 5.91 Å². The van der Waals surface area contributed by atoms with Gasteiger partial charge in [0.25, 0.3) is 0 Å². The van der Waals surface area contributed by atoms with Crippen LogP contribution in [0.15, 0.2) is 36.5 Å². The third-order valence-electron chi connectivity index (χ3n) is 6.01. The average molecular weight is 428 g/mol. The highest BCUT2D eigenvalue weighted by atomic mass is 35.5. The molecule has 1 saturated heterocycles. The molecule has 6 heteroatoms. The molecule has 160 valence electrons. The van der Waals surface area contributed by atoms with Gasteiger partial charge in [0, 0.05) is 31.3 Å². The number of fused-ring (bicyclic) bond motifs is 1. The van der Waals surface area contributed by atoms with Crippen LogP contribution in [-0.2, 0) is 24.2 Å². The van der Waals surface area contributed by atoms with Gasteiger partial charge in [0.15, 0.2) is 0 Å². The molecule has 30 heavy (non-hydrogen) atoms. The van der Waals surface area contributed by atoms with Crippen molar-refractivity contribution in [3.8, 4) is 5.75 Å². The molecule has 1 fully saturated rings. The van der Waals surface area contributed by atoms with Gasteiger partial charge in [0.05, 0.1) is 6.42 Å². The molecule has 1 amide bonds. The smallest absolute Gasteiger partial charge is 0.224 e. The molecule has 0 radical (unpaired) electrons. The van der Waals surface area contributed by atoms with E-state index in [4.69, 9.17) is 16.3 Å². The number of nitrogens with one attached hydrogen (secondary N) is 1. The standard InChI is InChI=1S/C24H30ClN3O2/c1-24(2)13-19-4-3-5-20(23(19)30-24)16-28-10-8-17(9-11-28)14-27-22(29)12-18-6-7-21(25)26-15-18/h3-7,15,17H,8-14,16H2,1-2H3,(H,27,29).